The maximum Gasteiger partial charge on any atom is 0.308 e. The van der Waals surface area contributed by atoms with E-state index < -0.39 is 17.7 Å². The number of methoxy groups -OCH3 is 3. The van der Waals surface area contributed by atoms with Crippen molar-refractivity contribution in [1.29, 1.82) is 0 Å². The standard InChI is InChI=1S/C16H17FO5S/c1-8(16(19)22-4)5-10(18)13-6-9-12(23-13)7-11(20-2)15(21-3)14(9)17/h6-8H,5H2,1-4H3. The summed E-state index contributed by atoms with van der Waals surface area (Å²) in [6.07, 6.45) is 0.00931. The lowest BCUT2D eigenvalue weighted by Crippen LogP contribution is -2.16. The summed E-state index contributed by atoms with van der Waals surface area (Å²) in [5.41, 5.74) is 0. The fourth-order valence-electron chi connectivity index (χ4n) is 2.24. The van der Waals surface area contributed by atoms with Crippen molar-refractivity contribution in [2.24, 2.45) is 5.92 Å². The average molecular weight is 340 g/mol. The fraction of sp³-hybridized carbons (Fsp3) is 0.375. The Morgan fingerprint density at radius 2 is 1.91 bits per heavy atom. The number of Topliss-reactive ketones (excluding diaryl/α,β-unsaturated/α-hetero) is 1. The first-order valence-electron chi connectivity index (χ1n) is 6.88. The van der Waals surface area contributed by atoms with Crippen molar-refractivity contribution in [3.8, 4) is 11.5 Å². The van der Waals surface area contributed by atoms with E-state index in [1.807, 2.05) is 0 Å². The first kappa shape index (κ1) is 17.2. The van der Waals surface area contributed by atoms with Gasteiger partial charge in [-0.15, -0.1) is 11.3 Å². The third-order valence-electron chi connectivity index (χ3n) is 3.48. The molecule has 1 aromatic carbocycles. The predicted molar refractivity (Wildman–Crippen MR) is 85.0 cm³/mol. The number of carbonyl (C=O) groups is 2. The highest BCUT2D eigenvalue weighted by atomic mass is 32.1. The number of hydrogen-bond acceptors (Lipinski definition) is 6. The molecule has 0 amide bonds. The summed E-state index contributed by atoms with van der Waals surface area (Å²) in [5.74, 6) is -1.54. The van der Waals surface area contributed by atoms with Crippen LogP contribution in [0.2, 0.25) is 0 Å². The van der Waals surface area contributed by atoms with Gasteiger partial charge in [0.15, 0.2) is 23.1 Å². The quantitative estimate of drug-likeness (QED) is 0.595. The molecule has 1 aromatic heterocycles. The molecule has 0 aliphatic carbocycles. The predicted octanol–water partition coefficient (Wildman–Crippen LogP) is 3.44. The molecule has 0 N–H and O–H groups in total. The topological polar surface area (TPSA) is 61.8 Å². The highest BCUT2D eigenvalue weighted by Crippen LogP contribution is 2.40. The highest BCUT2D eigenvalue weighted by molar-refractivity contribution is 7.20. The van der Waals surface area contributed by atoms with Crippen molar-refractivity contribution in [1.82, 2.24) is 0 Å². The number of thiophene rings is 1. The normalized spacial score (nSPS) is 12.0. The van der Waals surface area contributed by atoms with Crippen molar-refractivity contribution in [3.63, 3.8) is 0 Å². The molecule has 0 spiro atoms. The van der Waals surface area contributed by atoms with E-state index in [0.717, 1.165) is 11.3 Å². The Hall–Kier alpha value is -2.15. The van der Waals surface area contributed by atoms with E-state index in [1.54, 1.807) is 13.0 Å². The van der Waals surface area contributed by atoms with Crippen LogP contribution in [0.5, 0.6) is 11.5 Å². The number of fused-ring (bicyclic) bond motifs is 1. The first-order chi connectivity index (χ1) is 10.9. The van der Waals surface area contributed by atoms with Gasteiger partial charge in [0, 0.05) is 22.6 Å². The van der Waals surface area contributed by atoms with Crippen molar-refractivity contribution in [3.05, 3.63) is 22.8 Å². The molecule has 0 saturated heterocycles. The van der Waals surface area contributed by atoms with E-state index in [1.165, 1.54) is 27.4 Å². The van der Waals surface area contributed by atoms with Gasteiger partial charge in [0.25, 0.3) is 0 Å². The zero-order chi connectivity index (χ0) is 17.1. The minimum atomic E-state index is -0.571. The highest BCUT2D eigenvalue weighted by Gasteiger charge is 2.22. The van der Waals surface area contributed by atoms with Gasteiger partial charge in [-0.3, -0.25) is 9.59 Å². The molecule has 0 aliphatic rings. The van der Waals surface area contributed by atoms with Gasteiger partial charge < -0.3 is 14.2 Å². The van der Waals surface area contributed by atoms with Crippen molar-refractivity contribution >= 4 is 33.2 Å². The third kappa shape index (κ3) is 3.29. The molecule has 23 heavy (non-hydrogen) atoms. The van der Waals surface area contributed by atoms with Gasteiger partial charge in [0.1, 0.15) is 0 Å². The van der Waals surface area contributed by atoms with Crippen LogP contribution in [0, 0.1) is 11.7 Å². The van der Waals surface area contributed by atoms with Crippen LogP contribution < -0.4 is 9.47 Å². The van der Waals surface area contributed by atoms with Crippen LogP contribution in [-0.2, 0) is 9.53 Å². The van der Waals surface area contributed by atoms with E-state index in [9.17, 15) is 14.0 Å². The molecule has 7 heteroatoms. The Labute approximate surface area is 137 Å². The summed E-state index contributed by atoms with van der Waals surface area (Å²) in [4.78, 5) is 24.1. The number of carbonyl (C=O) groups excluding carboxylic acids is 2. The molecule has 1 heterocycles. The second-order valence-corrected chi connectivity index (χ2v) is 6.08. The average Bonchev–Trinajstić information content (AvgIpc) is 2.98. The Bertz CT molecular complexity index is 752. The molecule has 0 saturated carbocycles. The van der Waals surface area contributed by atoms with Gasteiger partial charge in [-0.05, 0) is 6.07 Å². The zero-order valence-corrected chi connectivity index (χ0v) is 14.1. The van der Waals surface area contributed by atoms with Gasteiger partial charge in [0.2, 0.25) is 0 Å². The minimum Gasteiger partial charge on any atom is -0.493 e. The molecule has 5 nitrogen and oxygen atoms in total. The Morgan fingerprint density at radius 1 is 1.22 bits per heavy atom. The molecular formula is C16H17FO5S. The number of ketones is 1. The van der Waals surface area contributed by atoms with Gasteiger partial charge in [-0.25, -0.2) is 4.39 Å². The third-order valence-corrected chi connectivity index (χ3v) is 4.60. The maximum atomic E-state index is 14.5. The number of esters is 1. The number of hydrogen-bond donors (Lipinski definition) is 0. The van der Waals surface area contributed by atoms with E-state index in [4.69, 9.17) is 9.47 Å². The van der Waals surface area contributed by atoms with E-state index in [-0.39, 0.29) is 23.7 Å². The number of halogens is 1. The van der Waals surface area contributed by atoms with Crippen LogP contribution in [0.3, 0.4) is 0 Å². The second kappa shape index (κ2) is 6.95. The monoisotopic (exact) mass is 340 g/mol. The molecule has 124 valence electrons. The summed E-state index contributed by atoms with van der Waals surface area (Å²) in [7, 11) is 4.04. The maximum absolute atomic E-state index is 14.5. The second-order valence-electron chi connectivity index (χ2n) is 5.00. The number of rotatable bonds is 6. The number of benzene rings is 1. The molecule has 2 rings (SSSR count). The van der Waals surface area contributed by atoms with Crippen LogP contribution in [0.25, 0.3) is 10.1 Å². The Balaban J connectivity index is 2.38. The van der Waals surface area contributed by atoms with E-state index in [2.05, 4.69) is 4.74 Å². The first-order valence-corrected chi connectivity index (χ1v) is 7.69. The lowest BCUT2D eigenvalue weighted by molar-refractivity contribution is -0.144. The largest absolute Gasteiger partial charge is 0.493 e. The fourth-order valence-corrected chi connectivity index (χ4v) is 3.28. The summed E-state index contributed by atoms with van der Waals surface area (Å²) >= 11 is 1.15. The van der Waals surface area contributed by atoms with Crippen LogP contribution >= 0.6 is 11.3 Å². The lowest BCUT2D eigenvalue weighted by atomic mass is 10.0. The molecule has 0 aliphatic heterocycles. The minimum absolute atomic E-state index is 0.000252. The van der Waals surface area contributed by atoms with Crippen molar-refractivity contribution in [2.45, 2.75) is 13.3 Å². The van der Waals surface area contributed by atoms with Gasteiger partial charge in [-0.1, -0.05) is 6.92 Å². The van der Waals surface area contributed by atoms with E-state index >= 15 is 0 Å². The molecule has 0 bridgehead atoms. The molecule has 2 aromatic rings. The Morgan fingerprint density at radius 3 is 2.48 bits per heavy atom. The summed E-state index contributed by atoms with van der Waals surface area (Å²) < 4.78 is 29.8. The van der Waals surface area contributed by atoms with Crippen molar-refractivity contribution in [2.75, 3.05) is 21.3 Å². The molecular weight excluding hydrogens is 323 g/mol. The van der Waals surface area contributed by atoms with Crippen LogP contribution in [0.15, 0.2) is 12.1 Å². The van der Waals surface area contributed by atoms with Crippen LogP contribution in [0.1, 0.15) is 23.0 Å². The van der Waals surface area contributed by atoms with Gasteiger partial charge in [-0.2, -0.15) is 0 Å². The molecule has 0 fully saturated rings. The van der Waals surface area contributed by atoms with Crippen LogP contribution in [-0.4, -0.2) is 33.1 Å². The smallest absolute Gasteiger partial charge is 0.308 e. The summed E-state index contributed by atoms with van der Waals surface area (Å²) in [6.45, 7) is 1.61. The van der Waals surface area contributed by atoms with Crippen LogP contribution in [0.4, 0.5) is 4.39 Å². The number of ether oxygens (including phenoxy) is 3. The van der Waals surface area contributed by atoms with Gasteiger partial charge in [0.05, 0.1) is 32.1 Å². The summed E-state index contributed by atoms with van der Waals surface area (Å²) in [6, 6.07) is 3.10. The molecule has 1 atom stereocenters. The van der Waals surface area contributed by atoms with E-state index in [0.29, 0.717) is 15.0 Å². The Kier molecular flexibility index (Phi) is 5.20. The zero-order valence-electron chi connectivity index (χ0n) is 13.3. The summed E-state index contributed by atoms with van der Waals surface area (Å²) in [5, 5.41) is 0.293. The lowest BCUT2D eigenvalue weighted by Gasteiger charge is -2.08. The SMILES string of the molecule is COC(=O)C(C)CC(=O)c1cc2c(F)c(OC)c(OC)cc2s1. The molecule has 0 radical (unpaired) electrons. The van der Waals surface area contributed by atoms with Gasteiger partial charge >= 0.3 is 5.97 Å². The molecule has 1 unspecified atom stereocenters. The van der Waals surface area contributed by atoms with Crippen molar-refractivity contribution < 1.29 is 28.2 Å².